The number of amides is 4. The van der Waals surface area contributed by atoms with Crippen LogP contribution in [0.5, 0.6) is 0 Å². The topological polar surface area (TPSA) is 131 Å². The summed E-state index contributed by atoms with van der Waals surface area (Å²) in [5.41, 5.74) is 3.97. The number of ether oxygens (including phenoxy) is 1. The van der Waals surface area contributed by atoms with E-state index in [2.05, 4.69) is 0 Å². The standard InChI is InChI=1S/C47H60N4O7Si/c1-32-45(59(2,3)57)41(28-44(55)50-30-35-15-11-10-14-34(35)26-38(50)31-52)58-47(32)39-27-37(49-25-13-7-5-9-17-43(49)54)22-23-40(39)51(46(47)56)29-33-18-20-36(21-19-33)48-24-12-6-4-8-16-42(48)53/h10-11,14-15,18-23,27,32,38,41,45,52,57H,4-9,12-13,16-17,24-26,28-31H2,1-3H3/t32-,38-,41+,45-,47+/m0/s1. The molecule has 5 heterocycles. The van der Waals surface area contributed by atoms with E-state index in [1.165, 1.54) is 0 Å². The second-order valence-electron chi connectivity index (χ2n) is 18.1. The molecular weight excluding hydrogens is 761 g/mol. The molecular formula is C47H60N4O7Si. The van der Waals surface area contributed by atoms with Crippen LogP contribution in [0.15, 0.2) is 66.7 Å². The molecule has 59 heavy (non-hydrogen) atoms. The first-order valence-electron chi connectivity index (χ1n) is 21.9. The van der Waals surface area contributed by atoms with Gasteiger partial charge in [0.25, 0.3) is 5.91 Å². The first-order chi connectivity index (χ1) is 28.4. The molecule has 3 aromatic rings. The van der Waals surface area contributed by atoms with Gasteiger partial charge in [0.05, 0.1) is 37.4 Å². The molecule has 5 aliphatic rings. The number of fused-ring (bicyclic) bond motifs is 3. The van der Waals surface area contributed by atoms with Crippen LogP contribution in [0, 0.1) is 5.92 Å². The first kappa shape index (κ1) is 41.4. The number of rotatable bonds is 8. The summed E-state index contributed by atoms with van der Waals surface area (Å²) in [5.74, 6) is -0.738. The number of anilines is 3. The molecule has 0 aromatic heterocycles. The predicted molar refractivity (Wildman–Crippen MR) is 230 cm³/mol. The van der Waals surface area contributed by atoms with Crippen molar-refractivity contribution < 1.29 is 33.8 Å². The van der Waals surface area contributed by atoms with Crippen molar-refractivity contribution in [3.8, 4) is 0 Å². The molecule has 5 aliphatic heterocycles. The van der Waals surface area contributed by atoms with Gasteiger partial charge >= 0.3 is 0 Å². The van der Waals surface area contributed by atoms with E-state index < -0.39 is 37.5 Å². The molecule has 3 saturated heterocycles. The van der Waals surface area contributed by atoms with E-state index in [1.54, 1.807) is 9.80 Å². The fourth-order valence-electron chi connectivity index (χ4n) is 10.8. The van der Waals surface area contributed by atoms with E-state index in [4.69, 9.17) is 4.74 Å². The van der Waals surface area contributed by atoms with Crippen LogP contribution in [0.2, 0.25) is 18.6 Å². The Balaban J connectivity index is 1.15. The van der Waals surface area contributed by atoms with E-state index in [9.17, 15) is 24.3 Å². The molecule has 12 heteroatoms. The van der Waals surface area contributed by atoms with Crippen LogP contribution in [0.25, 0.3) is 0 Å². The van der Waals surface area contributed by atoms with Crippen LogP contribution in [0.4, 0.5) is 17.1 Å². The zero-order valence-electron chi connectivity index (χ0n) is 34.9. The predicted octanol–water partition coefficient (Wildman–Crippen LogP) is 6.96. The molecule has 3 fully saturated rings. The minimum absolute atomic E-state index is 0.0456. The van der Waals surface area contributed by atoms with E-state index >= 15 is 4.79 Å². The molecule has 0 bridgehead atoms. The largest absolute Gasteiger partial charge is 0.432 e. The lowest BCUT2D eigenvalue weighted by Gasteiger charge is -2.37. The Bertz CT molecular complexity index is 2070. The second-order valence-corrected chi connectivity index (χ2v) is 22.0. The van der Waals surface area contributed by atoms with Crippen molar-refractivity contribution in [3.05, 3.63) is 89.0 Å². The quantitative estimate of drug-likeness (QED) is 0.235. The van der Waals surface area contributed by atoms with Gasteiger partial charge in [-0.2, -0.15) is 0 Å². The lowest BCUT2D eigenvalue weighted by molar-refractivity contribution is -0.151. The van der Waals surface area contributed by atoms with Gasteiger partial charge in [-0.05, 0) is 92.2 Å². The molecule has 11 nitrogen and oxygen atoms in total. The molecule has 314 valence electrons. The molecule has 4 amide bonds. The number of hydrogen-bond donors (Lipinski definition) is 2. The highest BCUT2D eigenvalue weighted by Gasteiger charge is 2.66. The number of carbonyl (C=O) groups excluding carboxylic acids is 4. The van der Waals surface area contributed by atoms with Crippen LogP contribution in [-0.4, -0.2) is 78.6 Å². The number of benzene rings is 3. The summed E-state index contributed by atoms with van der Waals surface area (Å²) in [7, 11) is -3.11. The normalized spacial score (nSPS) is 26.7. The highest BCUT2D eigenvalue weighted by molar-refractivity contribution is 6.71. The SMILES string of the molecule is C[C@H]1[C@H]([Si](C)(C)O)[C@@H](CC(=O)N2Cc3ccccc3C[C@H]2CO)O[C@]12C(=O)N(Cc1ccc(N3CCCCCCC3=O)cc1)c1ccc(N3CCCCCCC3=O)cc12. The van der Waals surface area contributed by atoms with Crippen LogP contribution in [-0.2, 0) is 49.0 Å². The summed E-state index contributed by atoms with van der Waals surface area (Å²) in [6.45, 7) is 7.40. The third-order valence-corrected chi connectivity index (χ3v) is 16.3. The molecule has 0 radical (unpaired) electrons. The highest BCUT2D eigenvalue weighted by atomic mass is 28.4. The number of aliphatic hydroxyl groups excluding tert-OH is 1. The number of nitrogens with zero attached hydrogens (tertiary/aromatic N) is 4. The Kier molecular flexibility index (Phi) is 11.9. The third-order valence-electron chi connectivity index (χ3n) is 13.8. The molecule has 0 aliphatic carbocycles. The number of aliphatic hydroxyl groups is 1. The van der Waals surface area contributed by atoms with E-state index in [0.717, 1.165) is 79.4 Å². The van der Waals surface area contributed by atoms with Gasteiger partial charge in [-0.1, -0.05) is 69.0 Å². The lowest BCUT2D eigenvalue weighted by atomic mass is 9.82. The van der Waals surface area contributed by atoms with Crippen LogP contribution in [0.1, 0.15) is 99.8 Å². The zero-order chi connectivity index (χ0) is 41.5. The Hall–Kier alpha value is -4.36. The fraction of sp³-hybridized carbons (Fsp3) is 0.532. The van der Waals surface area contributed by atoms with Crippen molar-refractivity contribution in [2.45, 2.75) is 133 Å². The highest BCUT2D eigenvalue weighted by Crippen LogP contribution is 2.60. The van der Waals surface area contributed by atoms with Crippen LogP contribution < -0.4 is 14.7 Å². The average molecular weight is 821 g/mol. The summed E-state index contributed by atoms with van der Waals surface area (Å²) >= 11 is 0. The van der Waals surface area contributed by atoms with Crippen molar-refractivity contribution in [1.82, 2.24) is 4.90 Å². The molecule has 8 rings (SSSR count). The van der Waals surface area contributed by atoms with Gasteiger partial charge in [-0.3, -0.25) is 19.2 Å². The smallest absolute Gasteiger partial charge is 0.264 e. The molecule has 0 unspecified atom stereocenters. The Morgan fingerprint density at radius 3 is 2.07 bits per heavy atom. The summed E-state index contributed by atoms with van der Waals surface area (Å²) in [6, 6.07) is 21.3. The van der Waals surface area contributed by atoms with Gasteiger partial charge in [-0.15, -0.1) is 0 Å². The van der Waals surface area contributed by atoms with Crippen LogP contribution in [0.3, 0.4) is 0 Å². The fourth-order valence-corrected chi connectivity index (χ4v) is 13.3. The van der Waals surface area contributed by atoms with Crippen LogP contribution >= 0.6 is 0 Å². The van der Waals surface area contributed by atoms with Crippen molar-refractivity contribution >= 4 is 49.0 Å². The van der Waals surface area contributed by atoms with Gasteiger partial charge in [0.2, 0.25) is 17.7 Å². The van der Waals surface area contributed by atoms with Crippen molar-refractivity contribution in [2.24, 2.45) is 5.92 Å². The van der Waals surface area contributed by atoms with E-state index in [-0.39, 0.29) is 43.2 Å². The summed E-state index contributed by atoms with van der Waals surface area (Å²) in [5, 5.41) is 10.4. The van der Waals surface area contributed by atoms with Gasteiger partial charge in [0.15, 0.2) is 13.9 Å². The van der Waals surface area contributed by atoms with E-state index in [0.29, 0.717) is 50.1 Å². The summed E-state index contributed by atoms with van der Waals surface area (Å²) < 4.78 is 7.14. The third kappa shape index (κ3) is 7.89. The van der Waals surface area contributed by atoms with Gasteiger partial charge < -0.3 is 34.2 Å². The number of carbonyl (C=O) groups is 4. The summed E-state index contributed by atoms with van der Waals surface area (Å²) in [4.78, 5) is 75.6. The van der Waals surface area contributed by atoms with Gasteiger partial charge in [0.1, 0.15) is 0 Å². The van der Waals surface area contributed by atoms with Crippen molar-refractivity contribution in [3.63, 3.8) is 0 Å². The van der Waals surface area contributed by atoms with Crippen molar-refractivity contribution in [2.75, 3.05) is 34.4 Å². The minimum Gasteiger partial charge on any atom is -0.432 e. The Labute approximate surface area is 349 Å². The maximum Gasteiger partial charge on any atom is 0.264 e. The van der Waals surface area contributed by atoms with Gasteiger partial charge in [-0.25, -0.2) is 0 Å². The monoisotopic (exact) mass is 820 g/mol. The maximum atomic E-state index is 15.4. The van der Waals surface area contributed by atoms with Gasteiger partial charge in [0, 0.05) is 60.9 Å². The Morgan fingerprint density at radius 2 is 1.42 bits per heavy atom. The van der Waals surface area contributed by atoms with Crippen molar-refractivity contribution in [1.29, 1.82) is 0 Å². The molecule has 3 aromatic carbocycles. The lowest BCUT2D eigenvalue weighted by Crippen LogP contribution is -2.48. The minimum atomic E-state index is -3.11. The zero-order valence-corrected chi connectivity index (χ0v) is 35.9. The number of hydrogen-bond acceptors (Lipinski definition) is 7. The molecule has 5 atom stereocenters. The first-order valence-corrected chi connectivity index (χ1v) is 25.0. The average Bonchev–Trinajstić information content (AvgIpc) is 3.63. The molecule has 2 N–H and O–H groups in total. The maximum absolute atomic E-state index is 15.4. The second kappa shape index (κ2) is 16.9. The summed E-state index contributed by atoms with van der Waals surface area (Å²) in [6.07, 6.45) is 8.60. The molecule has 1 spiro atoms. The Morgan fingerprint density at radius 1 is 0.814 bits per heavy atom. The van der Waals surface area contributed by atoms with E-state index in [1.807, 2.05) is 96.5 Å². The molecule has 0 saturated carbocycles.